The Morgan fingerprint density at radius 1 is 1.23 bits per heavy atom. The molecule has 0 aromatic heterocycles. The van der Waals surface area contributed by atoms with Gasteiger partial charge >= 0.3 is 0 Å². The molecule has 4 atom stereocenters. The van der Waals surface area contributed by atoms with Crippen LogP contribution in [0.2, 0.25) is 0 Å². The summed E-state index contributed by atoms with van der Waals surface area (Å²) >= 11 is 0. The van der Waals surface area contributed by atoms with Gasteiger partial charge < -0.3 is 4.74 Å². The molecule has 3 heteroatoms. The average Bonchev–Trinajstić information content (AvgIpc) is 2.52. The number of fused-ring (bicyclic) bond motifs is 1. The van der Waals surface area contributed by atoms with Crippen molar-refractivity contribution in [2.24, 2.45) is 17.8 Å². The van der Waals surface area contributed by atoms with Crippen molar-refractivity contribution >= 4 is 5.78 Å². The van der Waals surface area contributed by atoms with Gasteiger partial charge in [0.2, 0.25) is 0 Å². The number of ketones is 1. The van der Waals surface area contributed by atoms with Gasteiger partial charge in [-0.15, -0.1) is 0 Å². The number of nitrogens with zero attached hydrogens (tertiary/aromatic N) is 1. The quantitative estimate of drug-likeness (QED) is 0.414. The summed E-state index contributed by atoms with van der Waals surface area (Å²) in [7, 11) is 0. The smallest absolute Gasteiger partial charge is 0.169 e. The Hall–Kier alpha value is -1.14. The number of hydrogen-bond donors (Lipinski definition) is 0. The standard InChI is InChI=1S/C19H29NO2/c1-3-4-9-22-19-8-7-16-10-15(5-6-17(16)12-19)11-18(13-20)14(2)21/h11,15-17,19H,3-10,12H2,1-2H3. The minimum Gasteiger partial charge on any atom is -0.378 e. The molecule has 2 saturated carbocycles. The highest BCUT2D eigenvalue weighted by molar-refractivity contribution is 5.97. The van der Waals surface area contributed by atoms with E-state index in [1.165, 1.54) is 45.4 Å². The SMILES string of the molecule is CCCCOC1CCC2CC(C=C(C#N)C(C)=O)CCC2C1. The maximum Gasteiger partial charge on any atom is 0.169 e. The Bertz CT molecular complexity index is 449. The van der Waals surface area contributed by atoms with Crippen molar-refractivity contribution in [3.8, 4) is 6.07 Å². The number of carbonyl (C=O) groups excluding carboxylic acids is 1. The Kier molecular flexibility index (Phi) is 6.64. The van der Waals surface area contributed by atoms with E-state index in [9.17, 15) is 4.79 Å². The first kappa shape index (κ1) is 17.2. The summed E-state index contributed by atoms with van der Waals surface area (Å²) in [5, 5.41) is 9.04. The van der Waals surface area contributed by atoms with Crippen LogP contribution in [0.25, 0.3) is 0 Å². The molecule has 2 rings (SSSR count). The molecular weight excluding hydrogens is 274 g/mol. The molecule has 0 N–H and O–H groups in total. The number of hydrogen-bond acceptors (Lipinski definition) is 3. The van der Waals surface area contributed by atoms with Crippen LogP contribution in [0.3, 0.4) is 0 Å². The Balaban J connectivity index is 1.84. The Morgan fingerprint density at radius 3 is 2.64 bits per heavy atom. The number of rotatable bonds is 6. The van der Waals surface area contributed by atoms with Crippen LogP contribution in [0.4, 0.5) is 0 Å². The van der Waals surface area contributed by atoms with Crippen LogP contribution in [0.15, 0.2) is 11.6 Å². The second-order valence-corrected chi connectivity index (χ2v) is 7.00. The summed E-state index contributed by atoms with van der Waals surface area (Å²) in [6.45, 7) is 4.60. The van der Waals surface area contributed by atoms with Crippen LogP contribution >= 0.6 is 0 Å². The van der Waals surface area contributed by atoms with Gasteiger partial charge in [0.25, 0.3) is 0 Å². The minimum atomic E-state index is -0.0994. The van der Waals surface area contributed by atoms with Gasteiger partial charge in [0.15, 0.2) is 5.78 Å². The summed E-state index contributed by atoms with van der Waals surface area (Å²) in [4.78, 5) is 11.4. The van der Waals surface area contributed by atoms with E-state index in [2.05, 4.69) is 6.92 Å². The third-order valence-corrected chi connectivity index (χ3v) is 5.36. The molecule has 0 aliphatic heterocycles. The molecule has 2 aliphatic rings. The molecule has 0 saturated heterocycles. The van der Waals surface area contributed by atoms with Crippen LogP contribution in [-0.4, -0.2) is 18.5 Å². The lowest BCUT2D eigenvalue weighted by Gasteiger charge is -2.41. The fraction of sp³-hybridized carbons (Fsp3) is 0.789. The minimum absolute atomic E-state index is 0.0994. The topological polar surface area (TPSA) is 50.1 Å². The molecule has 0 aromatic rings. The Morgan fingerprint density at radius 2 is 1.95 bits per heavy atom. The molecular formula is C19H29NO2. The van der Waals surface area contributed by atoms with Crippen molar-refractivity contribution in [3.05, 3.63) is 11.6 Å². The lowest BCUT2D eigenvalue weighted by atomic mass is 9.66. The molecule has 0 aromatic carbocycles. The molecule has 2 aliphatic carbocycles. The molecule has 0 spiro atoms. The summed E-state index contributed by atoms with van der Waals surface area (Å²) in [5.74, 6) is 1.86. The van der Waals surface area contributed by atoms with Crippen molar-refractivity contribution in [1.29, 1.82) is 5.26 Å². The zero-order valence-corrected chi connectivity index (χ0v) is 14.0. The van der Waals surface area contributed by atoms with E-state index in [0.29, 0.717) is 17.6 Å². The van der Waals surface area contributed by atoms with Gasteiger partial charge in [-0.2, -0.15) is 5.26 Å². The van der Waals surface area contributed by atoms with E-state index in [-0.39, 0.29) is 5.78 Å². The van der Waals surface area contributed by atoms with Gasteiger partial charge in [0.05, 0.1) is 11.7 Å². The van der Waals surface area contributed by atoms with Crippen LogP contribution < -0.4 is 0 Å². The molecule has 0 radical (unpaired) electrons. The number of Topliss-reactive ketones (excluding diaryl/α,β-unsaturated/α-hetero) is 1. The Labute approximate surface area is 134 Å². The lowest BCUT2D eigenvalue weighted by Crippen LogP contribution is -2.34. The van der Waals surface area contributed by atoms with Gasteiger partial charge in [0, 0.05) is 6.61 Å². The average molecular weight is 303 g/mol. The second-order valence-electron chi connectivity index (χ2n) is 7.00. The van der Waals surface area contributed by atoms with Gasteiger partial charge in [-0.1, -0.05) is 19.4 Å². The predicted molar refractivity (Wildman–Crippen MR) is 87.2 cm³/mol. The van der Waals surface area contributed by atoms with Crippen molar-refractivity contribution < 1.29 is 9.53 Å². The normalized spacial score (nSPS) is 32.1. The predicted octanol–water partition coefficient (Wildman–Crippen LogP) is 4.43. The highest BCUT2D eigenvalue weighted by atomic mass is 16.5. The first-order valence-corrected chi connectivity index (χ1v) is 8.88. The van der Waals surface area contributed by atoms with Crippen LogP contribution in [0, 0.1) is 29.1 Å². The summed E-state index contributed by atoms with van der Waals surface area (Å²) < 4.78 is 6.01. The lowest BCUT2D eigenvalue weighted by molar-refractivity contribution is -0.113. The van der Waals surface area contributed by atoms with Crippen LogP contribution in [0.1, 0.15) is 65.2 Å². The van der Waals surface area contributed by atoms with Gasteiger partial charge in [0.1, 0.15) is 6.07 Å². The summed E-state index contributed by atoms with van der Waals surface area (Å²) in [5.41, 5.74) is 0.347. The molecule has 0 heterocycles. The van der Waals surface area contributed by atoms with Gasteiger partial charge in [-0.3, -0.25) is 4.79 Å². The maximum absolute atomic E-state index is 11.4. The van der Waals surface area contributed by atoms with E-state index in [0.717, 1.165) is 31.3 Å². The highest BCUT2D eigenvalue weighted by Gasteiger charge is 2.35. The van der Waals surface area contributed by atoms with E-state index in [1.807, 2.05) is 12.1 Å². The van der Waals surface area contributed by atoms with Gasteiger partial charge in [-0.05, 0) is 69.6 Å². The molecule has 122 valence electrons. The number of allylic oxidation sites excluding steroid dienone is 2. The second kappa shape index (κ2) is 8.48. The first-order chi connectivity index (χ1) is 10.6. The first-order valence-electron chi connectivity index (χ1n) is 8.88. The zero-order chi connectivity index (χ0) is 15.9. The largest absolute Gasteiger partial charge is 0.378 e. The molecule has 3 nitrogen and oxygen atoms in total. The highest BCUT2D eigenvalue weighted by Crippen LogP contribution is 2.44. The van der Waals surface area contributed by atoms with Crippen molar-refractivity contribution in [3.63, 3.8) is 0 Å². The fourth-order valence-corrected chi connectivity index (χ4v) is 4.05. The third kappa shape index (κ3) is 4.68. The number of unbranched alkanes of at least 4 members (excludes halogenated alkanes) is 1. The molecule has 0 amide bonds. The van der Waals surface area contributed by atoms with E-state index < -0.39 is 0 Å². The summed E-state index contributed by atoms with van der Waals surface area (Å²) in [6, 6.07) is 2.05. The molecule has 0 bridgehead atoms. The number of nitriles is 1. The van der Waals surface area contributed by atoms with E-state index in [4.69, 9.17) is 10.00 Å². The van der Waals surface area contributed by atoms with Crippen LogP contribution in [0.5, 0.6) is 0 Å². The number of ether oxygens (including phenoxy) is 1. The zero-order valence-electron chi connectivity index (χ0n) is 14.0. The van der Waals surface area contributed by atoms with Crippen molar-refractivity contribution in [2.45, 2.75) is 71.3 Å². The van der Waals surface area contributed by atoms with Gasteiger partial charge in [-0.25, -0.2) is 0 Å². The van der Waals surface area contributed by atoms with Crippen molar-refractivity contribution in [2.75, 3.05) is 6.61 Å². The van der Waals surface area contributed by atoms with Crippen molar-refractivity contribution in [1.82, 2.24) is 0 Å². The van der Waals surface area contributed by atoms with Crippen LogP contribution in [-0.2, 0) is 9.53 Å². The monoisotopic (exact) mass is 303 g/mol. The molecule has 4 unspecified atom stereocenters. The third-order valence-electron chi connectivity index (χ3n) is 5.36. The maximum atomic E-state index is 11.4. The summed E-state index contributed by atoms with van der Waals surface area (Å²) in [6.07, 6.45) is 11.9. The van der Waals surface area contributed by atoms with E-state index >= 15 is 0 Å². The van der Waals surface area contributed by atoms with E-state index in [1.54, 1.807) is 0 Å². The molecule has 22 heavy (non-hydrogen) atoms. The number of carbonyl (C=O) groups is 1. The molecule has 2 fully saturated rings. The fourth-order valence-electron chi connectivity index (χ4n) is 4.05.